The number of carbonyl (C=O) groups is 2. The maximum atomic E-state index is 13.5. The van der Waals surface area contributed by atoms with Crippen molar-refractivity contribution in [3.63, 3.8) is 0 Å². The lowest BCUT2D eigenvalue weighted by Gasteiger charge is -2.18. The third-order valence-electron chi connectivity index (χ3n) is 5.68. The van der Waals surface area contributed by atoms with Crippen LogP contribution in [0, 0.1) is 6.92 Å². The molecule has 0 fully saturated rings. The molecule has 1 atom stereocenters. The van der Waals surface area contributed by atoms with Crippen LogP contribution in [0.4, 0.5) is 11.4 Å². The molecule has 0 radical (unpaired) electrons. The highest BCUT2D eigenvalue weighted by molar-refractivity contribution is 7.93. The van der Waals surface area contributed by atoms with Crippen LogP contribution in [-0.4, -0.2) is 40.6 Å². The standard InChI is InChI=1S/C26H23ClN4O5S/c1-3-23(37(35,36)24-8-9-29-19-7-5-4-6-17(19)24)26(34)30-20-12-22(32)21(11-18(20)27)31-25(33)16-10-15(2)13-28-14-16/h4-14,23,32H,3H2,1-2H3,(H,30,34)(H,31,33). The fraction of sp³-hybridized carbons (Fsp3) is 0.154. The number of hydrogen-bond acceptors (Lipinski definition) is 7. The number of halogens is 1. The highest BCUT2D eigenvalue weighted by atomic mass is 35.5. The molecule has 1 unspecified atom stereocenters. The number of aromatic nitrogens is 2. The van der Waals surface area contributed by atoms with E-state index in [0.717, 1.165) is 11.6 Å². The molecule has 2 heterocycles. The Morgan fingerprint density at radius 3 is 2.54 bits per heavy atom. The van der Waals surface area contributed by atoms with E-state index in [0.29, 0.717) is 10.9 Å². The van der Waals surface area contributed by atoms with Crippen LogP contribution in [-0.2, 0) is 14.6 Å². The van der Waals surface area contributed by atoms with E-state index in [9.17, 15) is 23.1 Å². The van der Waals surface area contributed by atoms with E-state index >= 15 is 0 Å². The van der Waals surface area contributed by atoms with Crippen molar-refractivity contribution < 1.29 is 23.1 Å². The Balaban J connectivity index is 1.58. The number of sulfone groups is 1. The maximum Gasteiger partial charge on any atom is 0.257 e. The van der Waals surface area contributed by atoms with Crippen LogP contribution in [0.25, 0.3) is 10.9 Å². The second kappa shape index (κ2) is 10.5. The fourth-order valence-corrected chi connectivity index (χ4v) is 5.89. The Kier molecular flexibility index (Phi) is 7.42. The van der Waals surface area contributed by atoms with Crippen molar-refractivity contribution in [3.05, 3.63) is 83.3 Å². The molecule has 2 aromatic heterocycles. The molecule has 37 heavy (non-hydrogen) atoms. The van der Waals surface area contributed by atoms with Gasteiger partial charge in [-0.2, -0.15) is 0 Å². The molecule has 0 saturated heterocycles. The molecule has 2 amide bonds. The number of rotatable bonds is 7. The van der Waals surface area contributed by atoms with Gasteiger partial charge >= 0.3 is 0 Å². The molecule has 4 rings (SSSR count). The van der Waals surface area contributed by atoms with E-state index in [1.54, 1.807) is 50.4 Å². The summed E-state index contributed by atoms with van der Waals surface area (Å²) >= 11 is 6.31. The minimum Gasteiger partial charge on any atom is -0.506 e. The molecule has 4 aromatic rings. The number of aromatic hydroxyl groups is 1. The zero-order valence-corrected chi connectivity index (χ0v) is 21.5. The molecule has 0 spiro atoms. The van der Waals surface area contributed by atoms with Crippen molar-refractivity contribution in [2.75, 3.05) is 10.6 Å². The van der Waals surface area contributed by atoms with Crippen molar-refractivity contribution in [1.29, 1.82) is 0 Å². The summed E-state index contributed by atoms with van der Waals surface area (Å²) in [5.74, 6) is -1.70. The number of phenolic OH excluding ortho intramolecular Hbond substituents is 1. The third kappa shape index (κ3) is 5.40. The van der Waals surface area contributed by atoms with Gasteiger partial charge in [0.1, 0.15) is 11.0 Å². The predicted octanol–water partition coefficient (Wildman–Crippen LogP) is 4.74. The van der Waals surface area contributed by atoms with Gasteiger partial charge in [-0.3, -0.25) is 19.6 Å². The summed E-state index contributed by atoms with van der Waals surface area (Å²) < 4.78 is 26.9. The molecule has 0 aliphatic rings. The molecular weight excluding hydrogens is 516 g/mol. The zero-order chi connectivity index (χ0) is 26.7. The molecular formula is C26H23ClN4O5S. The van der Waals surface area contributed by atoms with E-state index in [1.165, 1.54) is 24.5 Å². The summed E-state index contributed by atoms with van der Waals surface area (Å²) in [6, 6.07) is 12.2. The summed E-state index contributed by atoms with van der Waals surface area (Å²) in [5.41, 5.74) is 1.57. The smallest absolute Gasteiger partial charge is 0.257 e. The van der Waals surface area contributed by atoms with Crippen LogP contribution in [0.5, 0.6) is 5.75 Å². The van der Waals surface area contributed by atoms with Gasteiger partial charge in [-0.25, -0.2) is 8.42 Å². The Labute approximate surface area is 218 Å². The summed E-state index contributed by atoms with van der Waals surface area (Å²) in [6.45, 7) is 3.37. The van der Waals surface area contributed by atoms with Crippen molar-refractivity contribution in [3.8, 4) is 5.75 Å². The van der Waals surface area contributed by atoms with Gasteiger partial charge in [-0.15, -0.1) is 0 Å². The third-order valence-corrected chi connectivity index (χ3v) is 8.26. The minimum absolute atomic E-state index is 0.00209. The van der Waals surface area contributed by atoms with Gasteiger partial charge in [0.25, 0.3) is 5.91 Å². The van der Waals surface area contributed by atoms with Gasteiger partial charge in [0.05, 0.1) is 32.4 Å². The van der Waals surface area contributed by atoms with Gasteiger partial charge in [-0.1, -0.05) is 36.7 Å². The molecule has 2 aromatic carbocycles. The Morgan fingerprint density at radius 1 is 1.05 bits per heavy atom. The van der Waals surface area contributed by atoms with Gasteiger partial charge in [0, 0.05) is 30.0 Å². The zero-order valence-electron chi connectivity index (χ0n) is 19.9. The van der Waals surface area contributed by atoms with Gasteiger partial charge < -0.3 is 15.7 Å². The number of nitrogens with one attached hydrogen (secondary N) is 2. The number of amides is 2. The van der Waals surface area contributed by atoms with Crippen molar-refractivity contribution >= 4 is 55.5 Å². The Morgan fingerprint density at radius 2 is 1.81 bits per heavy atom. The average Bonchev–Trinajstić information content (AvgIpc) is 2.86. The molecule has 0 bridgehead atoms. The van der Waals surface area contributed by atoms with E-state index in [4.69, 9.17) is 11.6 Å². The number of carbonyl (C=O) groups excluding carboxylic acids is 2. The number of para-hydroxylation sites is 1. The highest BCUT2D eigenvalue weighted by Crippen LogP contribution is 2.35. The quantitative estimate of drug-likeness (QED) is 0.289. The second-order valence-corrected chi connectivity index (χ2v) is 10.8. The number of benzene rings is 2. The molecule has 3 N–H and O–H groups in total. The predicted molar refractivity (Wildman–Crippen MR) is 142 cm³/mol. The molecule has 190 valence electrons. The van der Waals surface area contributed by atoms with E-state index in [-0.39, 0.29) is 39.0 Å². The van der Waals surface area contributed by atoms with Crippen molar-refractivity contribution in [2.45, 2.75) is 30.4 Å². The Bertz CT molecular complexity index is 1620. The van der Waals surface area contributed by atoms with Crippen LogP contribution >= 0.6 is 11.6 Å². The topological polar surface area (TPSA) is 138 Å². The number of pyridine rings is 2. The summed E-state index contributed by atoms with van der Waals surface area (Å²) in [5, 5.41) is 14.5. The van der Waals surface area contributed by atoms with Gasteiger partial charge in [0.2, 0.25) is 5.91 Å². The molecule has 0 aliphatic carbocycles. The van der Waals surface area contributed by atoms with Gasteiger partial charge in [0.15, 0.2) is 9.84 Å². The minimum atomic E-state index is -4.10. The largest absolute Gasteiger partial charge is 0.506 e. The molecule has 11 heteroatoms. The summed E-state index contributed by atoms with van der Waals surface area (Å²) in [4.78, 5) is 33.8. The molecule has 0 aliphatic heterocycles. The van der Waals surface area contributed by atoms with Crippen LogP contribution in [0.1, 0.15) is 29.3 Å². The monoisotopic (exact) mass is 538 g/mol. The van der Waals surface area contributed by atoms with Crippen LogP contribution in [0.15, 0.2) is 72.0 Å². The van der Waals surface area contributed by atoms with Gasteiger partial charge in [-0.05, 0) is 43.2 Å². The number of nitrogens with zero attached hydrogens (tertiary/aromatic N) is 2. The van der Waals surface area contributed by atoms with E-state index in [1.807, 2.05) is 0 Å². The Hall–Kier alpha value is -4.02. The molecule has 9 nitrogen and oxygen atoms in total. The molecule has 0 saturated carbocycles. The average molecular weight is 539 g/mol. The maximum absolute atomic E-state index is 13.5. The fourth-order valence-electron chi connectivity index (χ4n) is 3.86. The number of fused-ring (bicyclic) bond motifs is 1. The second-order valence-electron chi connectivity index (χ2n) is 8.31. The lowest BCUT2D eigenvalue weighted by atomic mass is 10.2. The van der Waals surface area contributed by atoms with Crippen molar-refractivity contribution in [2.24, 2.45) is 0 Å². The van der Waals surface area contributed by atoms with E-state index in [2.05, 4.69) is 20.6 Å². The van der Waals surface area contributed by atoms with Crippen LogP contribution in [0.3, 0.4) is 0 Å². The van der Waals surface area contributed by atoms with E-state index < -0.39 is 26.9 Å². The summed E-state index contributed by atoms with van der Waals surface area (Å²) in [7, 11) is -4.10. The van der Waals surface area contributed by atoms with Crippen LogP contribution in [0.2, 0.25) is 5.02 Å². The number of hydrogen-bond donors (Lipinski definition) is 3. The first kappa shape index (κ1) is 26.1. The number of aryl methyl sites for hydroxylation is 1. The lowest BCUT2D eigenvalue weighted by Crippen LogP contribution is -2.35. The first-order chi connectivity index (χ1) is 17.6. The number of phenols is 1. The first-order valence-corrected chi connectivity index (χ1v) is 13.2. The number of anilines is 2. The lowest BCUT2D eigenvalue weighted by molar-refractivity contribution is -0.115. The van der Waals surface area contributed by atoms with Crippen LogP contribution < -0.4 is 10.6 Å². The normalized spacial score (nSPS) is 12.2. The first-order valence-electron chi connectivity index (χ1n) is 11.3. The SMILES string of the molecule is CCC(C(=O)Nc1cc(O)c(NC(=O)c2cncc(C)c2)cc1Cl)S(=O)(=O)c1ccnc2ccccc12. The highest BCUT2D eigenvalue weighted by Gasteiger charge is 2.34. The summed E-state index contributed by atoms with van der Waals surface area (Å²) in [6.07, 6.45) is 4.36. The van der Waals surface area contributed by atoms with Crippen molar-refractivity contribution in [1.82, 2.24) is 9.97 Å².